The number of aromatic nitrogens is 1. The first-order valence-corrected chi connectivity index (χ1v) is 11.4. The van der Waals surface area contributed by atoms with Gasteiger partial charge in [-0.25, -0.2) is 4.79 Å². The Kier molecular flexibility index (Phi) is 5.56. The maximum Gasteiger partial charge on any atom is 0.337 e. The maximum atomic E-state index is 13.7. The van der Waals surface area contributed by atoms with E-state index in [0.717, 1.165) is 16.9 Å². The molecule has 32 heavy (non-hydrogen) atoms. The van der Waals surface area contributed by atoms with E-state index in [9.17, 15) is 9.59 Å². The molecule has 1 aliphatic carbocycles. The van der Waals surface area contributed by atoms with Crippen LogP contribution in [0.2, 0.25) is 0 Å². The summed E-state index contributed by atoms with van der Waals surface area (Å²) < 4.78 is 7.06. The first kappa shape index (κ1) is 20.6. The molecule has 0 N–H and O–H groups in total. The van der Waals surface area contributed by atoms with E-state index < -0.39 is 5.97 Å². The van der Waals surface area contributed by atoms with E-state index in [1.165, 1.54) is 44.8 Å². The van der Waals surface area contributed by atoms with E-state index in [-0.39, 0.29) is 5.91 Å². The molecule has 1 aromatic heterocycles. The van der Waals surface area contributed by atoms with Gasteiger partial charge >= 0.3 is 5.97 Å². The van der Waals surface area contributed by atoms with Gasteiger partial charge in [0.1, 0.15) is 0 Å². The molecular weight excluding hydrogens is 400 g/mol. The van der Waals surface area contributed by atoms with Crippen molar-refractivity contribution >= 4 is 17.6 Å². The summed E-state index contributed by atoms with van der Waals surface area (Å²) >= 11 is 0. The second-order valence-electron chi connectivity index (χ2n) is 8.81. The Morgan fingerprint density at radius 1 is 0.906 bits per heavy atom. The molecule has 2 aromatic carbocycles. The molecule has 0 atom stereocenters. The predicted molar refractivity (Wildman–Crippen MR) is 124 cm³/mol. The summed E-state index contributed by atoms with van der Waals surface area (Å²) in [5, 5.41) is 0. The summed E-state index contributed by atoms with van der Waals surface area (Å²) in [4.78, 5) is 27.6. The molecule has 0 saturated heterocycles. The van der Waals surface area contributed by atoms with Gasteiger partial charge in [-0.05, 0) is 66.3 Å². The highest BCUT2D eigenvalue weighted by Gasteiger charge is 2.26. The Morgan fingerprint density at radius 3 is 2.41 bits per heavy atom. The molecule has 1 fully saturated rings. The molecule has 5 heteroatoms. The third kappa shape index (κ3) is 3.83. The number of anilines is 1. The van der Waals surface area contributed by atoms with Crippen LogP contribution in [0.5, 0.6) is 0 Å². The van der Waals surface area contributed by atoms with Gasteiger partial charge in [0.05, 0.1) is 24.9 Å². The van der Waals surface area contributed by atoms with Crippen LogP contribution in [-0.4, -0.2) is 23.6 Å². The standard InChI is InChI=1S/C27H28N2O3/c1-32-27(31)22-13-14-23-17-28-15-5-8-24(28)18-29(25(23)16-22)26(30)21-11-9-20(10-12-21)19-6-3-2-4-7-19/h5,8-16,19H,2-4,6-7,17-18H2,1H3. The summed E-state index contributed by atoms with van der Waals surface area (Å²) in [6.07, 6.45) is 8.41. The number of carbonyl (C=O) groups is 2. The maximum absolute atomic E-state index is 13.7. The zero-order chi connectivity index (χ0) is 22.1. The highest BCUT2D eigenvalue weighted by atomic mass is 16.5. The molecule has 0 spiro atoms. The Balaban J connectivity index is 1.50. The third-order valence-corrected chi connectivity index (χ3v) is 6.86. The Morgan fingerprint density at radius 2 is 1.66 bits per heavy atom. The quantitative estimate of drug-likeness (QED) is 0.515. The number of esters is 1. The molecule has 164 valence electrons. The zero-order valence-corrected chi connectivity index (χ0v) is 18.4. The van der Waals surface area contributed by atoms with Crippen molar-refractivity contribution in [2.75, 3.05) is 12.0 Å². The van der Waals surface area contributed by atoms with Crippen LogP contribution in [0.3, 0.4) is 0 Å². The molecule has 1 saturated carbocycles. The summed E-state index contributed by atoms with van der Waals surface area (Å²) in [6, 6.07) is 17.7. The molecule has 1 aliphatic heterocycles. The lowest BCUT2D eigenvalue weighted by atomic mass is 9.84. The number of nitrogens with zero attached hydrogens (tertiary/aromatic N) is 2. The first-order valence-electron chi connectivity index (χ1n) is 11.4. The molecular formula is C27H28N2O3. The fourth-order valence-electron chi connectivity index (χ4n) is 5.04. The molecule has 2 heterocycles. The molecule has 2 aliphatic rings. The van der Waals surface area contributed by atoms with Crippen molar-refractivity contribution in [2.45, 2.75) is 51.1 Å². The minimum absolute atomic E-state index is 0.0573. The van der Waals surface area contributed by atoms with Gasteiger partial charge in [0, 0.05) is 24.0 Å². The van der Waals surface area contributed by atoms with E-state index >= 15 is 0 Å². The molecule has 3 aromatic rings. The van der Waals surface area contributed by atoms with Gasteiger partial charge in [0.25, 0.3) is 5.91 Å². The number of methoxy groups -OCH3 is 1. The van der Waals surface area contributed by atoms with E-state index in [0.29, 0.717) is 30.1 Å². The topological polar surface area (TPSA) is 51.5 Å². The van der Waals surface area contributed by atoms with Crippen LogP contribution < -0.4 is 4.90 Å². The van der Waals surface area contributed by atoms with Crippen LogP contribution in [0.25, 0.3) is 0 Å². The lowest BCUT2D eigenvalue weighted by Crippen LogP contribution is -2.31. The van der Waals surface area contributed by atoms with Gasteiger partial charge in [0.2, 0.25) is 0 Å². The van der Waals surface area contributed by atoms with E-state index in [1.807, 2.05) is 36.5 Å². The number of amides is 1. The van der Waals surface area contributed by atoms with Crippen LogP contribution in [0, 0.1) is 0 Å². The van der Waals surface area contributed by atoms with Gasteiger partial charge in [-0.15, -0.1) is 0 Å². The molecule has 1 amide bonds. The third-order valence-electron chi connectivity index (χ3n) is 6.86. The molecule has 0 bridgehead atoms. The van der Waals surface area contributed by atoms with Crippen molar-refractivity contribution in [3.8, 4) is 0 Å². The predicted octanol–water partition coefficient (Wildman–Crippen LogP) is 5.53. The average molecular weight is 429 g/mol. The highest BCUT2D eigenvalue weighted by molar-refractivity contribution is 6.07. The minimum atomic E-state index is -0.402. The fourth-order valence-corrected chi connectivity index (χ4v) is 5.04. The van der Waals surface area contributed by atoms with E-state index in [2.05, 4.69) is 16.7 Å². The van der Waals surface area contributed by atoms with Gasteiger partial charge in [-0.1, -0.05) is 37.5 Å². The lowest BCUT2D eigenvalue weighted by Gasteiger charge is -2.24. The Hall–Kier alpha value is -3.34. The van der Waals surface area contributed by atoms with Crippen molar-refractivity contribution in [1.29, 1.82) is 0 Å². The zero-order valence-electron chi connectivity index (χ0n) is 18.4. The minimum Gasteiger partial charge on any atom is -0.465 e. The molecule has 5 nitrogen and oxygen atoms in total. The number of carbonyl (C=O) groups excluding carboxylic acids is 2. The summed E-state index contributed by atoms with van der Waals surface area (Å²) in [5.74, 6) is 0.150. The van der Waals surface area contributed by atoms with Crippen molar-refractivity contribution in [3.63, 3.8) is 0 Å². The van der Waals surface area contributed by atoms with Crippen molar-refractivity contribution < 1.29 is 14.3 Å². The summed E-state index contributed by atoms with van der Waals surface area (Å²) in [6.45, 7) is 1.11. The van der Waals surface area contributed by atoms with Gasteiger partial charge in [-0.3, -0.25) is 4.79 Å². The first-order chi connectivity index (χ1) is 15.6. The smallest absolute Gasteiger partial charge is 0.337 e. The number of ether oxygens (including phenoxy) is 1. The SMILES string of the molecule is COC(=O)c1ccc2c(c1)N(C(=O)c1ccc(C3CCCCC3)cc1)Cc1cccn1C2. The second-order valence-corrected chi connectivity index (χ2v) is 8.81. The van der Waals surface area contributed by atoms with Crippen molar-refractivity contribution in [3.05, 3.63) is 88.7 Å². The summed E-state index contributed by atoms with van der Waals surface area (Å²) in [5.41, 5.74) is 5.27. The average Bonchev–Trinajstić information content (AvgIpc) is 3.22. The largest absolute Gasteiger partial charge is 0.465 e. The van der Waals surface area contributed by atoms with Crippen LogP contribution >= 0.6 is 0 Å². The second kappa shape index (κ2) is 8.65. The van der Waals surface area contributed by atoms with Crippen molar-refractivity contribution in [1.82, 2.24) is 4.57 Å². The Bertz CT molecular complexity index is 1140. The monoisotopic (exact) mass is 428 g/mol. The Labute approximate surface area is 188 Å². The normalized spacial score (nSPS) is 16.1. The van der Waals surface area contributed by atoms with Gasteiger partial charge < -0.3 is 14.2 Å². The number of hydrogen-bond acceptors (Lipinski definition) is 3. The van der Waals surface area contributed by atoms with Crippen LogP contribution in [0.15, 0.2) is 60.8 Å². The molecule has 0 radical (unpaired) electrons. The van der Waals surface area contributed by atoms with Crippen LogP contribution in [-0.2, 0) is 17.8 Å². The summed E-state index contributed by atoms with van der Waals surface area (Å²) in [7, 11) is 1.37. The van der Waals surface area contributed by atoms with E-state index in [4.69, 9.17) is 4.74 Å². The number of hydrogen-bond donors (Lipinski definition) is 0. The van der Waals surface area contributed by atoms with Crippen molar-refractivity contribution in [2.24, 2.45) is 0 Å². The molecule has 5 rings (SSSR count). The molecule has 0 unspecified atom stereocenters. The number of rotatable bonds is 3. The van der Waals surface area contributed by atoms with Gasteiger partial charge in [0.15, 0.2) is 0 Å². The fraction of sp³-hybridized carbons (Fsp3) is 0.333. The highest BCUT2D eigenvalue weighted by Crippen LogP contribution is 2.34. The van der Waals surface area contributed by atoms with Crippen LogP contribution in [0.1, 0.15) is 75.6 Å². The van der Waals surface area contributed by atoms with Gasteiger partial charge in [-0.2, -0.15) is 0 Å². The lowest BCUT2D eigenvalue weighted by molar-refractivity contribution is 0.0600. The van der Waals surface area contributed by atoms with E-state index in [1.54, 1.807) is 17.0 Å². The number of fused-ring (bicyclic) bond motifs is 2. The van der Waals surface area contributed by atoms with Crippen LogP contribution in [0.4, 0.5) is 5.69 Å². The number of benzene rings is 2.